The van der Waals surface area contributed by atoms with Gasteiger partial charge in [0.25, 0.3) is 0 Å². The van der Waals surface area contributed by atoms with Gasteiger partial charge in [0.05, 0.1) is 12.1 Å². The van der Waals surface area contributed by atoms with Crippen LogP contribution in [-0.4, -0.2) is 28.0 Å². The summed E-state index contributed by atoms with van der Waals surface area (Å²) in [6, 6.07) is 6.30. The zero-order valence-electron chi connectivity index (χ0n) is 12.2. The largest absolute Gasteiger partial charge is 0.480 e. The van der Waals surface area contributed by atoms with Crippen LogP contribution in [0.5, 0.6) is 0 Å². The number of hydrogen-bond acceptors (Lipinski definition) is 4. The zero-order chi connectivity index (χ0) is 16.8. The molecule has 5 nitrogen and oxygen atoms in total. The molecule has 1 heterocycles. The molecule has 0 saturated heterocycles. The summed E-state index contributed by atoms with van der Waals surface area (Å²) in [7, 11) is 0. The van der Waals surface area contributed by atoms with Crippen LogP contribution >= 0.6 is 22.9 Å². The molecule has 2 N–H and O–H groups in total. The minimum Gasteiger partial charge on any atom is -0.480 e. The zero-order valence-corrected chi connectivity index (χ0v) is 13.7. The number of aliphatic carboxylic acids is 1. The summed E-state index contributed by atoms with van der Waals surface area (Å²) in [6.07, 6.45) is 1.67. The predicted octanol–water partition coefficient (Wildman–Crippen LogP) is 3.15. The van der Waals surface area contributed by atoms with Crippen molar-refractivity contribution in [3.63, 3.8) is 0 Å². The minimum atomic E-state index is -1.08. The van der Waals surface area contributed by atoms with Gasteiger partial charge in [-0.05, 0) is 18.6 Å². The molecule has 0 aliphatic heterocycles. The lowest BCUT2D eigenvalue weighted by Crippen LogP contribution is -2.41. The molecule has 0 aliphatic carbocycles. The first-order chi connectivity index (χ1) is 11.0. The summed E-state index contributed by atoms with van der Waals surface area (Å²) in [5, 5.41) is 14.7. The van der Waals surface area contributed by atoms with E-state index in [1.54, 1.807) is 17.5 Å². The molecule has 1 aromatic carbocycles. The average molecular weight is 351 g/mol. The van der Waals surface area contributed by atoms with E-state index < -0.39 is 12.0 Å². The van der Waals surface area contributed by atoms with Crippen molar-refractivity contribution in [3.05, 3.63) is 53.0 Å². The topological polar surface area (TPSA) is 79.3 Å². The molecule has 2 rings (SSSR count). The monoisotopic (exact) mass is 350 g/mol. The van der Waals surface area contributed by atoms with Crippen LogP contribution in [0.4, 0.5) is 0 Å². The van der Waals surface area contributed by atoms with Gasteiger partial charge in [-0.1, -0.05) is 29.8 Å². The number of thiazole rings is 1. The minimum absolute atomic E-state index is 0.0328. The van der Waals surface area contributed by atoms with Gasteiger partial charge in [0, 0.05) is 16.0 Å². The van der Waals surface area contributed by atoms with Crippen LogP contribution in [0.2, 0.25) is 5.02 Å². The summed E-state index contributed by atoms with van der Waals surface area (Å²) in [4.78, 5) is 27.3. The van der Waals surface area contributed by atoms with Crippen LogP contribution in [0.15, 0.2) is 42.3 Å². The Balaban J connectivity index is 2.01. The van der Waals surface area contributed by atoms with Crippen LogP contribution < -0.4 is 5.32 Å². The van der Waals surface area contributed by atoms with Gasteiger partial charge in [-0.2, -0.15) is 0 Å². The third kappa shape index (κ3) is 4.91. The number of halogens is 1. The number of hydrogen-bond donors (Lipinski definition) is 2. The fourth-order valence-corrected chi connectivity index (χ4v) is 2.86. The summed E-state index contributed by atoms with van der Waals surface area (Å²) >= 11 is 7.27. The molecular formula is C16H15ClN2O3S. The average Bonchev–Trinajstić information content (AvgIpc) is 2.95. The molecule has 120 valence electrons. The first kappa shape index (κ1) is 17.2. The number of rotatable bonds is 7. The Hall–Kier alpha value is -2.18. The van der Waals surface area contributed by atoms with E-state index in [4.69, 9.17) is 16.7 Å². The number of amides is 1. The van der Waals surface area contributed by atoms with Gasteiger partial charge in [-0.3, -0.25) is 4.79 Å². The van der Waals surface area contributed by atoms with E-state index in [-0.39, 0.29) is 18.7 Å². The van der Waals surface area contributed by atoms with Crippen LogP contribution in [0.25, 0.3) is 10.6 Å². The van der Waals surface area contributed by atoms with E-state index in [1.165, 1.54) is 17.4 Å². The van der Waals surface area contributed by atoms with Gasteiger partial charge in [-0.25, -0.2) is 9.78 Å². The lowest BCUT2D eigenvalue weighted by molar-refractivity contribution is -0.141. The van der Waals surface area contributed by atoms with Gasteiger partial charge in [0.1, 0.15) is 11.0 Å². The number of carboxylic acid groups (broad SMARTS) is 1. The Labute approximate surface area is 142 Å². The number of benzene rings is 1. The van der Waals surface area contributed by atoms with E-state index in [0.717, 1.165) is 10.6 Å². The fourth-order valence-electron chi connectivity index (χ4n) is 1.91. The van der Waals surface area contributed by atoms with Crippen molar-refractivity contribution in [2.45, 2.75) is 18.9 Å². The highest BCUT2D eigenvalue weighted by Gasteiger charge is 2.19. The van der Waals surface area contributed by atoms with Crippen molar-refractivity contribution >= 4 is 34.8 Å². The molecule has 0 saturated carbocycles. The van der Waals surface area contributed by atoms with Gasteiger partial charge >= 0.3 is 5.97 Å². The van der Waals surface area contributed by atoms with Crippen LogP contribution in [0, 0.1) is 0 Å². The second-order valence-electron chi connectivity index (χ2n) is 4.81. The second kappa shape index (κ2) is 7.89. The molecule has 0 fully saturated rings. The molecule has 0 radical (unpaired) electrons. The van der Waals surface area contributed by atoms with Crippen molar-refractivity contribution in [3.8, 4) is 10.6 Å². The van der Waals surface area contributed by atoms with E-state index in [1.807, 2.05) is 12.1 Å². The molecule has 23 heavy (non-hydrogen) atoms. The predicted molar refractivity (Wildman–Crippen MR) is 90.6 cm³/mol. The number of nitrogens with zero attached hydrogens (tertiary/aromatic N) is 1. The highest BCUT2D eigenvalue weighted by atomic mass is 35.5. The number of carbonyl (C=O) groups is 2. The maximum absolute atomic E-state index is 11.9. The van der Waals surface area contributed by atoms with E-state index in [2.05, 4.69) is 16.9 Å². The van der Waals surface area contributed by atoms with Gasteiger partial charge in [0.2, 0.25) is 5.91 Å². The van der Waals surface area contributed by atoms with Gasteiger partial charge in [-0.15, -0.1) is 17.9 Å². The maximum atomic E-state index is 11.9. The SMILES string of the molecule is C=CCC(NC(=O)Cc1csc(-c2ccc(Cl)cc2)n1)C(=O)O. The molecule has 0 aliphatic rings. The lowest BCUT2D eigenvalue weighted by Gasteiger charge is -2.11. The number of aromatic nitrogens is 1. The van der Waals surface area contributed by atoms with Crippen LogP contribution in [0.3, 0.4) is 0 Å². The smallest absolute Gasteiger partial charge is 0.326 e. The van der Waals surface area contributed by atoms with Crippen molar-refractivity contribution in [1.29, 1.82) is 0 Å². The molecular weight excluding hydrogens is 336 g/mol. The van der Waals surface area contributed by atoms with Gasteiger partial charge < -0.3 is 10.4 Å². The summed E-state index contributed by atoms with van der Waals surface area (Å²) in [6.45, 7) is 3.48. The van der Waals surface area contributed by atoms with Crippen molar-refractivity contribution < 1.29 is 14.7 Å². The molecule has 0 spiro atoms. The summed E-state index contributed by atoms with van der Waals surface area (Å²) < 4.78 is 0. The molecule has 1 amide bonds. The molecule has 7 heteroatoms. The number of carboxylic acids is 1. The van der Waals surface area contributed by atoms with E-state index in [9.17, 15) is 9.59 Å². The maximum Gasteiger partial charge on any atom is 0.326 e. The third-order valence-electron chi connectivity index (χ3n) is 3.02. The van der Waals surface area contributed by atoms with Crippen LogP contribution in [-0.2, 0) is 16.0 Å². The van der Waals surface area contributed by atoms with Gasteiger partial charge in [0.15, 0.2) is 0 Å². The van der Waals surface area contributed by atoms with E-state index >= 15 is 0 Å². The Morgan fingerprint density at radius 3 is 2.70 bits per heavy atom. The van der Waals surface area contributed by atoms with E-state index in [0.29, 0.717) is 10.7 Å². The lowest BCUT2D eigenvalue weighted by atomic mass is 10.2. The summed E-state index contributed by atoms with van der Waals surface area (Å²) in [5.74, 6) is -1.47. The first-order valence-corrected chi connectivity index (χ1v) is 8.08. The van der Waals surface area contributed by atoms with Crippen molar-refractivity contribution in [2.24, 2.45) is 0 Å². The molecule has 0 bridgehead atoms. The van der Waals surface area contributed by atoms with Crippen molar-refractivity contribution in [2.75, 3.05) is 0 Å². The molecule has 2 aromatic rings. The Bertz CT molecular complexity index is 712. The highest BCUT2D eigenvalue weighted by molar-refractivity contribution is 7.13. The normalized spacial score (nSPS) is 11.7. The second-order valence-corrected chi connectivity index (χ2v) is 6.10. The number of carbonyl (C=O) groups excluding carboxylic acids is 1. The molecule has 1 atom stereocenters. The quantitative estimate of drug-likeness (QED) is 0.752. The molecule has 1 aromatic heterocycles. The Kier molecular flexibility index (Phi) is 5.90. The number of nitrogens with one attached hydrogen (secondary N) is 1. The standard InChI is InChI=1S/C16H15ClN2O3S/c1-2-3-13(16(21)22)19-14(20)8-12-9-23-15(18-12)10-4-6-11(17)7-5-10/h2,4-7,9,13H,1,3,8H2,(H,19,20)(H,21,22). The fraction of sp³-hybridized carbons (Fsp3) is 0.188. The Morgan fingerprint density at radius 2 is 2.09 bits per heavy atom. The third-order valence-corrected chi connectivity index (χ3v) is 4.21. The highest BCUT2D eigenvalue weighted by Crippen LogP contribution is 2.25. The summed E-state index contributed by atoms with van der Waals surface area (Å²) in [5.41, 5.74) is 1.52. The van der Waals surface area contributed by atoms with Crippen molar-refractivity contribution in [1.82, 2.24) is 10.3 Å². The Morgan fingerprint density at radius 1 is 1.39 bits per heavy atom. The molecule has 1 unspecified atom stereocenters. The van der Waals surface area contributed by atoms with Crippen LogP contribution in [0.1, 0.15) is 12.1 Å². The first-order valence-electron chi connectivity index (χ1n) is 6.83.